The molecule has 0 amide bonds. The lowest BCUT2D eigenvalue weighted by Gasteiger charge is -2.19. The van der Waals surface area contributed by atoms with Gasteiger partial charge in [-0.2, -0.15) is 4.98 Å². The highest BCUT2D eigenvalue weighted by atomic mass is 16.5. The summed E-state index contributed by atoms with van der Waals surface area (Å²) in [6.45, 7) is 6.75. The van der Waals surface area contributed by atoms with Crippen LogP contribution in [0.25, 0.3) is 11.5 Å². The van der Waals surface area contributed by atoms with Crippen molar-refractivity contribution in [3.8, 4) is 11.5 Å². The van der Waals surface area contributed by atoms with E-state index >= 15 is 0 Å². The number of anilines is 2. The third-order valence-electron chi connectivity index (χ3n) is 3.79. The summed E-state index contributed by atoms with van der Waals surface area (Å²) in [5.41, 5.74) is 1.97. The molecule has 0 aliphatic heterocycles. The molecule has 3 aromatic rings. The van der Waals surface area contributed by atoms with E-state index in [2.05, 4.69) is 45.3 Å². The topological polar surface area (TPSA) is 67.1 Å². The number of nitrogens with one attached hydrogen (secondary N) is 1. The Hall–Kier alpha value is -2.89. The highest BCUT2D eigenvalue weighted by molar-refractivity contribution is 5.53. The molecular formula is C18H21N5O. The van der Waals surface area contributed by atoms with E-state index in [1.807, 2.05) is 42.6 Å². The number of nitrogens with zero attached hydrogens (tertiary/aromatic N) is 4. The first-order valence-corrected chi connectivity index (χ1v) is 8.13. The Kier molecular flexibility index (Phi) is 5.05. The van der Waals surface area contributed by atoms with Gasteiger partial charge in [0, 0.05) is 31.4 Å². The number of hydrogen-bond acceptors (Lipinski definition) is 6. The van der Waals surface area contributed by atoms with Crippen LogP contribution in [-0.4, -0.2) is 28.2 Å². The molecule has 24 heavy (non-hydrogen) atoms. The molecule has 0 aliphatic rings. The molecule has 0 fully saturated rings. The first-order valence-electron chi connectivity index (χ1n) is 8.13. The molecule has 0 unspecified atom stereocenters. The van der Waals surface area contributed by atoms with Crippen LogP contribution in [0, 0.1) is 0 Å². The van der Waals surface area contributed by atoms with Gasteiger partial charge in [0.25, 0.3) is 11.8 Å². The highest BCUT2D eigenvalue weighted by Gasteiger charge is 2.08. The van der Waals surface area contributed by atoms with Crippen LogP contribution in [0.1, 0.15) is 19.4 Å². The number of hydrogen-bond donors (Lipinski definition) is 1. The van der Waals surface area contributed by atoms with Gasteiger partial charge in [-0.25, -0.2) is 4.98 Å². The lowest BCUT2D eigenvalue weighted by atomic mass is 10.2. The van der Waals surface area contributed by atoms with Crippen LogP contribution < -0.4 is 10.2 Å². The summed E-state index contributed by atoms with van der Waals surface area (Å²) in [7, 11) is 0. The first kappa shape index (κ1) is 16.0. The Morgan fingerprint density at radius 2 is 1.83 bits per heavy atom. The molecular weight excluding hydrogens is 302 g/mol. The molecule has 6 nitrogen and oxygen atoms in total. The predicted molar refractivity (Wildman–Crippen MR) is 94.9 cm³/mol. The van der Waals surface area contributed by atoms with E-state index in [4.69, 9.17) is 4.52 Å². The van der Waals surface area contributed by atoms with Gasteiger partial charge in [0.05, 0.1) is 0 Å². The molecule has 0 saturated heterocycles. The third kappa shape index (κ3) is 3.71. The van der Waals surface area contributed by atoms with Gasteiger partial charge in [0.2, 0.25) is 0 Å². The zero-order valence-electron chi connectivity index (χ0n) is 13.9. The van der Waals surface area contributed by atoms with Crippen LogP contribution in [-0.2, 0) is 6.54 Å². The minimum atomic E-state index is 0.474. The zero-order valence-corrected chi connectivity index (χ0v) is 13.9. The second-order valence-electron chi connectivity index (χ2n) is 5.34. The summed E-state index contributed by atoms with van der Waals surface area (Å²) < 4.78 is 5.27. The molecule has 3 rings (SSSR count). The second-order valence-corrected chi connectivity index (χ2v) is 5.34. The Morgan fingerprint density at radius 3 is 2.50 bits per heavy atom. The maximum atomic E-state index is 5.27. The van der Waals surface area contributed by atoms with Crippen molar-refractivity contribution in [3.05, 3.63) is 54.2 Å². The Balaban J connectivity index is 1.61. The van der Waals surface area contributed by atoms with E-state index in [9.17, 15) is 0 Å². The maximum Gasteiger partial charge on any atom is 0.264 e. The minimum Gasteiger partial charge on any atom is -0.357 e. The molecule has 0 saturated carbocycles. The van der Waals surface area contributed by atoms with Crippen molar-refractivity contribution >= 4 is 11.8 Å². The van der Waals surface area contributed by atoms with Crippen LogP contribution >= 0.6 is 0 Å². The van der Waals surface area contributed by atoms with E-state index in [0.29, 0.717) is 18.4 Å². The first-order chi connectivity index (χ1) is 11.8. The summed E-state index contributed by atoms with van der Waals surface area (Å²) in [6.07, 6.45) is 1.87. The summed E-state index contributed by atoms with van der Waals surface area (Å²) >= 11 is 0. The van der Waals surface area contributed by atoms with Crippen molar-refractivity contribution in [2.75, 3.05) is 23.3 Å². The van der Waals surface area contributed by atoms with Crippen molar-refractivity contribution < 1.29 is 4.52 Å². The Bertz CT molecular complexity index is 751. The summed E-state index contributed by atoms with van der Waals surface area (Å²) in [4.78, 5) is 11.1. The standard InChI is InChI=1S/C18H21N5O/c1-3-23(4-2)16-11-10-14(12-19-16)13-20-18-21-17(24-22-18)15-8-6-5-7-9-15/h5-12H,3-4,13H2,1-2H3,(H,20,22). The van der Waals surface area contributed by atoms with Crippen LogP contribution in [0.4, 0.5) is 11.8 Å². The molecule has 0 aliphatic carbocycles. The van der Waals surface area contributed by atoms with E-state index in [-0.39, 0.29) is 0 Å². The largest absolute Gasteiger partial charge is 0.357 e. The van der Waals surface area contributed by atoms with Crippen molar-refractivity contribution in [1.29, 1.82) is 0 Å². The lowest BCUT2D eigenvalue weighted by molar-refractivity contribution is 0.432. The fourth-order valence-electron chi connectivity index (χ4n) is 2.43. The normalized spacial score (nSPS) is 10.6. The van der Waals surface area contributed by atoms with Crippen molar-refractivity contribution in [1.82, 2.24) is 15.1 Å². The van der Waals surface area contributed by atoms with Gasteiger partial charge < -0.3 is 14.7 Å². The molecule has 0 atom stereocenters. The monoisotopic (exact) mass is 323 g/mol. The van der Waals surface area contributed by atoms with E-state index in [1.54, 1.807) is 0 Å². The van der Waals surface area contributed by atoms with Gasteiger partial charge in [-0.05, 0) is 42.8 Å². The maximum absolute atomic E-state index is 5.27. The van der Waals surface area contributed by atoms with Gasteiger partial charge >= 0.3 is 0 Å². The number of rotatable bonds is 7. The molecule has 1 aromatic carbocycles. The predicted octanol–water partition coefficient (Wildman–Crippen LogP) is 3.59. The van der Waals surface area contributed by atoms with Gasteiger partial charge in [-0.3, -0.25) is 0 Å². The summed E-state index contributed by atoms with van der Waals surface area (Å²) in [5.74, 6) is 1.98. The average molecular weight is 323 g/mol. The average Bonchev–Trinajstić information content (AvgIpc) is 3.12. The van der Waals surface area contributed by atoms with Crippen LogP contribution in [0.2, 0.25) is 0 Å². The molecule has 2 heterocycles. The van der Waals surface area contributed by atoms with E-state index in [0.717, 1.165) is 30.0 Å². The molecule has 0 radical (unpaired) electrons. The summed E-state index contributed by atoms with van der Waals surface area (Å²) in [5, 5.41) is 7.11. The molecule has 1 N–H and O–H groups in total. The van der Waals surface area contributed by atoms with Gasteiger partial charge in [0.1, 0.15) is 5.82 Å². The van der Waals surface area contributed by atoms with Crippen LogP contribution in [0.15, 0.2) is 53.2 Å². The highest BCUT2D eigenvalue weighted by Crippen LogP contribution is 2.18. The third-order valence-corrected chi connectivity index (χ3v) is 3.79. The Labute approximate surface area is 141 Å². The minimum absolute atomic E-state index is 0.474. The van der Waals surface area contributed by atoms with Gasteiger partial charge in [0.15, 0.2) is 0 Å². The molecule has 0 bridgehead atoms. The Morgan fingerprint density at radius 1 is 1.04 bits per heavy atom. The smallest absolute Gasteiger partial charge is 0.264 e. The quantitative estimate of drug-likeness (QED) is 0.717. The lowest BCUT2D eigenvalue weighted by Crippen LogP contribution is -2.22. The number of benzene rings is 1. The molecule has 0 spiro atoms. The SMILES string of the molecule is CCN(CC)c1ccc(CNc2noc(-c3ccccc3)n2)cn1. The van der Waals surface area contributed by atoms with Gasteiger partial charge in [-0.1, -0.05) is 24.3 Å². The van der Waals surface area contributed by atoms with Crippen molar-refractivity contribution in [3.63, 3.8) is 0 Å². The van der Waals surface area contributed by atoms with Crippen molar-refractivity contribution in [2.45, 2.75) is 20.4 Å². The zero-order chi connectivity index (χ0) is 16.8. The molecule has 2 aromatic heterocycles. The fourth-order valence-corrected chi connectivity index (χ4v) is 2.43. The van der Waals surface area contributed by atoms with Gasteiger partial charge in [-0.15, -0.1) is 0 Å². The number of aromatic nitrogens is 3. The van der Waals surface area contributed by atoms with Crippen molar-refractivity contribution in [2.24, 2.45) is 0 Å². The van der Waals surface area contributed by atoms with Crippen LogP contribution in [0.5, 0.6) is 0 Å². The second kappa shape index (κ2) is 7.59. The summed E-state index contributed by atoms with van der Waals surface area (Å²) in [6, 6.07) is 13.8. The van der Waals surface area contributed by atoms with Crippen LogP contribution in [0.3, 0.4) is 0 Å². The fraction of sp³-hybridized carbons (Fsp3) is 0.278. The van der Waals surface area contributed by atoms with E-state index < -0.39 is 0 Å². The van der Waals surface area contributed by atoms with E-state index in [1.165, 1.54) is 0 Å². The molecule has 124 valence electrons. The molecule has 6 heteroatoms. The number of pyridine rings is 1.